The molecule has 2 rings (SSSR count). The van der Waals surface area contributed by atoms with Crippen LogP contribution >= 0.6 is 0 Å². The van der Waals surface area contributed by atoms with Crippen molar-refractivity contribution < 1.29 is 0 Å². The van der Waals surface area contributed by atoms with Gasteiger partial charge in [0, 0.05) is 12.6 Å². The molecule has 0 fully saturated rings. The van der Waals surface area contributed by atoms with Crippen LogP contribution in [0.2, 0.25) is 0 Å². The summed E-state index contributed by atoms with van der Waals surface area (Å²) < 4.78 is 1.90. The van der Waals surface area contributed by atoms with Crippen molar-refractivity contribution in [1.82, 2.24) is 20.3 Å². The van der Waals surface area contributed by atoms with Gasteiger partial charge >= 0.3 is 0 Å². The molecule has 0 aliphatic heterocycles. The first-order valence-electron chi connectivity index (χ1n) is 7.08. The highest BCUT2D eigenvalue weighted by atomic mass is 15.4. The zero-order valence-corrected chi connectivity index (χ0v) is 13.0. The first-order valence-corrected chi connectivity index (χ1v) is 7.08. The van der Waals surface area contributed by atoms with Crippen molar-refractivity contribution in [3.05, 3.63) is 47.3 Å². The third-order valence-electron chi connectivity index (χ3n) is 3.36. The zero-order valence-electron chi connectivity index (χ0n) is 13.0. The Bertz CT molecular complexity index is 566. The minimum atomic E-state index is -0.0204. The SMILES string of the molecule is Cc1cccc([C@@H](C)NCc2cn(C(C)(C)C)nn2)c1. The lowest BCUT2D eigenvalue weighted by Gasteiger charge is -2.17. The van der Waals surface area contributed by atoms with E-state index in [2.05, 4.69) is 74.5 Å². The Balaban J connectivity index is 1.97. The fraction of sp³-hybridized carbons (Fsp3) is 0.500. The summed E-state index contributed by atoms with van der Waals surface area (Å²) in [5.74, 6) is 0. The molecule has 1 aromatic carbocycles. The van der Waals surface area contributed by atoms with E-state index in [0.717, 1.165) is 12.2 Å². The minimum Gasteiger partial charge on any atom is -0.304 e. The number of aryl methyl sites for hydroxylation is 1. The Kier molecular flexibility index (Phi) is 4.23. The van der Waals surface area contributed by atoms with Gasteiger partial charge in [-0.3, -0.25) is 0 Å². The topological polar surface area (TPSA) is 42.7 Å². The summed E-state index contributed by atoms with van der Waals surface area (Å²) in [6.07, 6.45) is 2.01. The van der Waals surface area contributed by atoms with Crippen molar-refractivity contribution in [2.75, 3.05) is 0 Å². The molecule has 0 unspecified atom stereocenters. The van der Waals surface area contributed by atoms with Crippen LogP contribution in [0.3, 0.4) is 0 Å². The van der Waals surface area contributed by atoms with Crippen LogP contribution in [0.15, 0.2) is 30.5 Å². The van der Waals surface area contributed by atoms with Crippen LogP contribution < -0.4 is 5.32 Å². The van der Waals surface area contributed by atoms with Gasteiger partial charge in [0.2, 0.25) is 0 Å². The van der Waals surface area contributed by atoms with Gasteiger partial charge in [0.15, 0.2) is 0 Å². The smallest absolute Gasteiger partial charge is 0.0965 e. The number of rotatable bonds is 4. The van der Waals surface area contributed by atoms with Crippen LogP contribution in [0.1, 0.15) is 50.6 Å². The van der Waals surface area contributed by atoms with E-state index in [9.17, 15) is 0 Å². The van der Waals surface area contributed by atoms with Gasteiger partial charge in [-0.1, -0.05) is 35.0 Å². The monoisotopic (exact) mass is 272 g/mol. The molecule has 0 aliphatic rings. The number of hydrogen-bond acceptors (Lipinski definition) is 3. The van der Waals surface area contributed by atoms with Crippen LogP contribution in [-0.4, -0.2) is 15.0 Å². The molecular formula is C16H24N4. The highest BCUT2D eigenvalue weighted by Crippen LogP contribution is 2.15. The van der Waals surface area contributed by atoms with Crippen molar-refractivity contribution in [2.24, 2.45) is 0 Å². The van der Waals surface area contributed by atoms with Gasteiger partial charge in [-0.05, 0) is 40.2 Å². The molecule has 1 atom stereocenters. The molecule has 1 N–H and O–H groups in total. The molecule has 4 nitrogen and oxygen atoms in total. The average molecular weight is 272 g/mol. The molecule has 108 valence electrons. The van der Waals surface area contributed by atoms with Crippen LogP contribution in [0.5, 0.6) is 0 Å². The largest absolute Gasteiger partial charge is 0.304 e. The number of nitrogens with one attached hydrogen (secondary N) is 1. The van der Waals surface area contributed by atoms with Crippen LogP contribution in [0.25, 0.3) is 0 Å². The number of benzene rings is 1. The maximum Gasteiger partial charge on any atom is 0.0965 e. The fourth-order valence-electron chi connectivity index (χ4n) is 2.02. The number of hydrogen-bond donors (Lipinski definition) is 1. The molecule has 0 aliphatic carbocycles. The second-order valence-electron chi connectivity index (χ2n) is 6.34. The van der Waals surface area contributed by atoms with Crippen molar-refractivity contribution >= 4 is 0 Å². The number of nitrogens with zero attached hydrogens (tertiary/aromatic N) is 3. The first-order chi connectivity index (χ1) is 9.36. The fourth-order valence-corrected chi connectivity index (χ4v) is 2.02. The highest BCUT2D eigenvalue weighted by Gasteiger charge is 2.15. The van der Waals surface area contributed by atoms with E-state index in [1.807, 2.05) is 10.9 Å². The lowest BCUT2D eigenvalue weighted by molar-refractivity contribution is 0.347. The Labute approximate surface area is 121 Å². The molecule has 0 amide bonds. The maximum absolute atomic E-state index is 4.22. The molecule has 0 radical (unpaired) electrons. The normalized spacial score (nSPS) is 13.4. The Morgan fingerprint density at radius 1 is 1.30 bits per heavy atom. The summed E-state index contributed by atoms with van der Waals surface area (Å²) in [7, 11) is 0. The second-order valence-corrected chi connectivity index (χ2v) is 6.34. The van der Waals surface area contributed by atoms with E-state index in [1.54, 1.807) is 0 Å². The Morgan fingerprint density at radius 2 is 2.05 bits per heavy atom. The molecule has 4 heteroatoms. The first kappa shape index (κ1) is 14.7. The van der Waals surface area contributed by atoms with E-state index < -0.39 is 0 Å². The average Bonchev–Trinajstić information content (AvgIpc) is 2.84. The maximum atomic E-state index is 4.22. The van der Waals surface area contributed by atoms with Gasteiger partial charge in [0.05, 0.1) is 17.4 Å². The predicted octanol–water partition coefficient (Wildman–Crippen LogP) is 3.19. The molecule has 20 heavy (non-hydrogen) atoms. The third kappa shape index (κ3) is 3.67. The van der Waals surface area contributed by atoms with Crippen molar-refractivity contribution in [1.29, 1.82) is 0 Å². The van der Waals surface area contributed by atoms with Crippen LogP contribution in [0.4, 0.5) is 0 Å². The Hall–Kier alpha value is -1.68. The molecule has 1 aromatic heterocycles. The molecule has 2 aromatic rings. The Morgan fingerprint density at radius 3 is 2.65 bits per heavy atom. The number of aromatic nitrogens is 3. The highest BCUT2D eigenvalue weighted by molar-refractivity contribution is 5.24. The van der Waals surface area contributed by atoms with Gasteiger partial charge in [-0.15, -0.1) is 5.10 Å². The van der Waals surface area contributed by atoms with E-state index in [4.69, 9.17) is 0 Å². The quantitative estimate of drug-likeness (QED) is 0.929. The van der Waals surface area contributed by atoms with Gasteiger partial charge in [0.25, 0.3) is 0 Å². The van der Waals surface area contributed by atoms with E-state index in [1.165, 1.54) is 11.1 Å². The molecule has 0 saturated carbocycles. The molecule has 0 spiro atoms. The van der Waals surface area contributed by atoms with Crippen LogP contribution in [0, 0.1) is 6.92 Å². The summed E-state index contributed by atoms with van der Waals surface area (Å²) in [6, 6.07) is 8.87. The summed E-state index contributed by atoms with van der Waals surface area (Å²) in [5, 5.41) is 11.9. The van der Waals surface area contributed by atoms with Gasteiger partial charge < -0.3 is 5.32 Å². The van der Waals surface area contributed by atoms with Gasteiger partial charge in [-0.25, -0.2) is 4.68 Å². The lowest BCUT2D eigenvalue weighted by Crippen LogP contribution is -2.22. The molecule has 1 heterocycles. The zero-order chi connectivity index (χ0) is 14.8. The lowest BCUT2D eigenvalue weighted by atomic mass is 10.1. The summed E-state index contributed by atoms with van der Waals surface area (Å²) in [5.41, 5.74) is 3.54. The van der Waals surface area contributed by atoms with Gasteiger partial charge in [0.1, 0.15) is 0 Å². The van der Waals surface area contributed by atoms with Crippen molar-refractivity contribution in [2.45, 2.75) is 52.7 Å². The molecule has 0 bridgehead atoms. The van der Waals surface area contributed by atoms with Gasteiger partial charge in [-0.2, -0.15) is 0 Å². The van der Waals surface area contributed by atoms with E-state index >= 15 is 0 Å². The second kappa shape index (κ2) is 5.75. The van der Waals surface area contributed by atoms with Crippen molar-refractivity contribution in [3.63, 3.8) is 0 Å². The van der Waals surface area contributed by atoms with E-state index in [0.29, 0.717) is 6.04 Å². The predicted molar refractivity (Wildman–Crippen MR) is 81.5 cm³/mol. The van der Waals surface area contributed by atoms with Crippen molar-refractivity contribution in [3.8, 4) is 0 Å². The van der Waals surface area contributed by atoms with Crippen LogP contribution in [-0.2, 0) is 12.1 Å². The summed E-state index contributed by atoms with van der Waals surface area (Å²) in [6.45, 7) is 11.4. The molecule has 0 saturated heterocycles. The van der Waals surface area contributed by atoms with E-state index in [-0.39, 0.29) is 5.54 Å². The standard InChI is InChI=1S/C16H24N4/c1-12-7-6-8-14(9-12)13(2)17-10-15-11-20(19-18-15)16(3,4)5/h6-9,11,13,17H,10H2,1-5H3/t13-/m1/s1. The minimum absolute atomic E-state index is 0.0204. The molecular weight excluding hydrogens is 248 g/mol. The summed E-state index contributed by atoms with van der Waals surface area (Å²) >= 11 is 0. The third-order valence-corrected chi connectivity index (χ3v) is 3.36. The summed E-state index contributed by atoms with van der Waals surface area (Å²) in [4.78, 5) is 0.